The number of anilines is 1. The van der Waals surface area contributed by atoms with Crippen molar-refractivity contribution in [2.45, 2.75) is 25.8 Å². The third-order valence-electron chi connectivity index (χ3n) is 5.42. The highest BCUT2D eigenvalue weighted by atomic mass is 16.2. The lowest BCUT2D eigenvalue weighted by atomic mass is 10.0. The number of carbonyl (C=O) groups excluding carboxylic acids is 1. The summed E-state index contributed by atoms with van der Waals surface area (Å²) in [4.78, 5) is 13.8. The first kappa shape index (κ1) is 18.9. The van der Waals surface area contributed by atoms with Gasteiger partial charge in [0.05, 0.1) is 11.2 Å². The van der Waals surface area contributed by atoms with E-state index in [1.165, 1.54) is 12.8 Å². The van der Waals surface area contributed by atoms with Crippen LogP contribution in [0, 0.1) is 17.2 Å². The summed E-state index contributed by atoms with van der Waals surface area (Å²) in [6, 6.07) is 15.9. The predicted molar refractivity (Wildman–Crippen MR) is 114 cm³/mol. The molecule has 0 radical (unpaired) electrons. The van der Waals surface area contributed by atoms with Crippen LogP contribution in [0.15, 0.2) is 42.5 Å². The van der Waals surface area contributed by atoms with E-state index in [1.807, 2.05) is 42.5 Å². The highest BCUT2D eigenvalue weighted by molar-refractivity contribution is 5.97. The van der Waals surface area contributed by atoms with Crippen LogP contribution in [0.25, 0.3) is 22.0 Å². The van der Waals surface area contributed by atoms with Crippen molar-refractivity contribution in [2.24, 2.45) is 5.92 Å². The summed E-state index contributed by atoms with van der Waals surface area (Å²) in [5.74, 6) is 0.618. The number of nitrogens with zero attached hydrogens (tertiary/aromatic N) is 4. The van der Waals surface area contributed by atoms with E-state index in [-0.39, 0.29) is 5.91 Å². The van der Waals surface area contributed by atoms with Gasteiger partial charge in [-0.05, 0) is 61.1 Å². The van der Waals surface area contributed by atoms with E-state index in [0.29, 0.717) is 23.2 Å². The molecule has 1 aromatic heterocycles. The van der Waals surface area contributed by atoms with Gasteiger partial charge in [0.1, 0.15) is 6.07 Å². The molecule has 1 atom stereocenters. The Morgan fingerprint density at radius 2 is 1.93 bits per heavy atom. The number of nitriles is 1. The van der Waals surface area contributed by atoms with Gasteiger partial charge in [0, 0.05) is 31.1 Å². The van der Waals surface area contributed by atoms with E-state index in [1.54, 1.807) is 19.0 Å². The molecule has 29 heavy (non-hydrogen) atoms. The predicted octanol–water partition coefficient (Wildman–Crippen LogP) is 4.08. The third kappa shape index (κ3) is 3.77. The minimum absolute atomic E-state index is 0.0355. The molecule has 1 saturated carbocycles. The summed E-state index contributed by atoms with van der Waals surface area (Å²) in [5, 5.41) is 22.2. The van der Waals surface area contributed by atoms with Crippen LogP contribution in [0.5, 0.6) is 0 Å². The maximum absolute atomic E-state index is 12.3. The molecule has 1 aliphatic rings. The van der Waals surface area contributed by atoms with Crippen LogP contribution < -0.4 is 5.32 Å². The van der Waals surface area contributed by atoms with E-state index >= 15 is 0 Å². The highest BCUT2D eigenvalue weighted by Crippen LogP contribution is 2.36. The fourth-order valence-corrected chi connectivity index (χ4v) is 3.54. The molecule has 6 heteroatoms. The summed E-state index contributed by atoms with van der Waals surface area (Å²) in [6.07, 6.45) is 2.44. The van der Waals surface area contributed by atoms with Gasteiger partial charge in [0.15, 0.2) is 5.69 Å². The average molecular weight is 385 g/mol. The first-order valence-electron chi connectivity index (χ1n) is 9.77. The van der Waals surface area contributed by atoms with Gasteiger partial charge in [-0.1, -0.05) is 18.2 Å². The van der Waals surface area contributed by atoms with Gasteiger partial charge in [0.25, 0.3) is 5.91 Å². The molecule has 6 nitrogen and oxygen atoms in total. The zero-order valence-corrected chi connectivity index (χ0v) is 16.8. The van der Waals surface area contributed by atoms with Crippen molar-refractivity contribution in [3.05, 3.63) is 53.7 Å². The monoisotopic (exact) mass is 385 g/mol. The quantitative estimate of drug-likeness (QED) is 0.716. The van der Waals surface area contributed by atoms with Crippen molar-refractivity contribution in [1.82, 2.24) is 15.1 Å². The standard InChI is InChI=1S/C23H23N5O/c1-14(15-7-8-15)25-22-19-10-9-17(12-20(19)26-27-21(22)13-24)16-5-4-6-18(11-16)23(29)28(2)3/h4-6,9-12,14-15H,7-8H2,1-3H3,(H,25,26)/t14-/m1/s1. The lowest BCUT2D eigenvalue weighted by Crippen LogP contribution is -2.21. The van der Waals surface area contributed by atoms with Crippen molar-refractivity contribution >= 4 is 22.5 Å². The van der Waals surface area contributed by atoms with Crippen LogP contribution in [0.2, 0.25) is 0 Å². The topological polar surface area (TPSA) is 81.9 Å². The number of carbonyl (C=O) groups is 1. The number of rotatable bonds is 5. The van der Waals surface area contributed by atoms with Gasteiger partial charge < -0.3 is 10.2 Å². The van der Waals surface area contributed by atoms with E-state index < -0.39 is 0 Å². The summed E-state index contributed by atoms with van der Waals surface area (Å²) in [6.45, 7) is 2.15. The highest BCUT2D eigenvalue weighted by Gasteiger charge is 2.29. The van der Waals surface area contributed by atoms with Crippen molar-refractivity contribution in [3.8, 4) is 17.2 Å². The van der Waals surface area contributed by atoms with Crippen LogP contribution in [-0.2, 0) is 0 Å². The fraction of sp³-hybridized carbons (Fsp3) is 0.304. The molecule has 146 valence electrons. The molecule has 0 unspecified atom stereocenters. The van der Waals surface area contributed by atoms with Gasteiger partial charge >= 0.3 is 0 Å². The minimum atomic E-state index is -0.0355. The molecular formula is C23H23N5O. The molecule has 0 bridgehead atoms. The summed E-state index contributed by atoms with van der Waals surface area (Å²) < 4.78 is 0. The van der Waals surface area contributed by atoms with Crippen molar-refractivity contribution in [1.29, 1.82) is 5.26 Å². The molecule has 1 heterocycles. The molecule has 1 fully saturated rings. The van der Waals surface area contributed by atoms with Crippen LogP contribution in [-0.4, -0.2) is 41.1 Å². The Morgan fingerprint density at radius 1 is 1.17 bits per heavy atom. The van der Waals surface area contributed by atoms with Crippen LogP contribution in [0.1, 0.15) is 35.8 Å². The molecule has 4 rings (SSSR count). The van der Waals surface area contributed by atoms with Crippen LogP contribution in [0.3, 0.4) is 0 Å². The molecule has 1 amide bonds. The van der Waals surface area contributed by atoms with Crippen LogP contribution >= 0.6 is 0 Å². The van der Waals surface area contributed by atoms with Gasteiger partial charge in [-0.15, -0.1) is 10.2 Å². The molecular weight excluding hydrogens is 362 g/mol. The molecule has 2 aromatic carbocycles. The van der Waals surface area contributed by atoms with Gasteiger partial charge in [-0.25, -0.2) is 0 Å². The number of hydrogen-bond acceptors (Lipinski definition) is 5. The third-order valence-corrected chi connectivity index (χ3v) is 5.42. The lowest BCUT2D eigenvalue weighted by molar-refractivity contribution is 0.0827. The maximum Gasteiger partial charge on any atom is 0.253 e. The van der Waals surface area contributed by atoms with Crippen molar-refractivity contribution < 1.29 is 4.79 Å². The normalized spacial score (nSPS) is 14.3. The van der Waals surface area contributed by atoms with E-state index in [4.69, 9.17) is 0 Å². The second-order valence-corrected chi connectivity index (χ2v) is 7.82. The van der Waals surface area contributed by atoms with Crippen LogP contribution in [0.4, 0.5) is 5.69 Å². The Morgan fingerprint density at radius 3 is 2.62 bits per heavy atom. The minimum Gasteiger partial charge on any atom is -0.379 e. The van der Waals surface area contributed by atoms with E-state index in [9.17, 15) is 10.1 Å². The van der Waals surface area contributed by atoms with E-state index in [0.717, 1.165) is 27.7 Å². The number of hydrogen-bond donors (Lipinski definition) is 1. The fourth-order valence-electron chi connectivity index (χ4n) is 3.54. The lowest BCUT2D eigenvalue weighted by Gasteiger charge is -2.17. The Kier molecular flexibility index (Phi) is 4.89. The Hall–Kier alpha value is -3.46. The number of benzene rings is 2. The molecule has 0 saturated heterocycles. The Labute approximate surface area is 170 Å². The molecule has 1 aliphatic carbocycles. The number of fused-ring (bicyclic) bond motifs is 1. The Bertz CT molecular complexity index is 1130. The number of aromatic nitrogens is 2. The molecule has 0 spiro atoms. The SMILES string of the molecule is C[C@@H](Nc1c(C#N)nnc2cc(-c3cccc(C(=O)N(C)C)c3)ccc12)C1CC1. The van der Waals surface area contributed by atoms with Gasteiger partial charge in [-0.2, -0.15) is 5.26 Å². The van der Waals surface area contributed by atoms with Gasteiger partial charge in [-0.3, -0.25) is 4.79 Å². The number of nitrogens with one attached hydrogen (secondary N) is 1. The average Bonchev–Trinajstić information content (AvgIpc) is 3.58. The number of amides is 1. The summed E-state index contributed by atoms with van der Waals surface area (Å²) in [7, 11) is 3.48. The zero-order chi connectivity index (χ0) is 20.5. The zero-order valence-electron chi connectivity index (χ0n) is 16.8. The summed E-state index contributed by atoms with van der Waals surface area (Å²) >= 11 is 0. The second-order valence-electron chi connectivity index (χ2n) is 7.82. The maximum atomic E-state index is 12.3. The first-order chi connectivity index (χ1) is 14.0. The second kappa shape index (κ2) is 7.51. The van der Waals surface area contributed by atoms with E-state index in [2.05, 4.69) is 28.5 Å². The van der Waals surface area contributed by atoms with Gasteiger partial charge in [0.2, 0.25) is 0 Å². The largest absolute Gasteiger partial charge is 0.379 e. The molecule has 3 aromatic rings. The van der Waals surface area contributed by atoms with Crippen molar-refractivity contribution in [3.63, 3.8) is 0 Å². The first-order valence-corrected chi connectivity index (χ1v) is 9.77. The smallest absolute Gasteiger partial charge is 0.253 e. The molecule has 1 N–H and O–H groups in total. The summed E-state index contributed by atoms with van der Waals surface area (Å²) in [5.41, 5.74) is 4.31. The Balaban J connectivity index is 1.74. The van der Waals surface area contributed by atoms with Crippen molar-refractivity contribution in [2.75, 3.05) is 19.4 Å². The molecule has 0 aliphatic heterocycles.